The van der Waals surface area contributed by atoms with Gasteiger partial charge in [0.1, 0.15) is 11.4 Å². The number of imidazole rings is 1. The molecule has 0 aliphatic rings. The van der Waals surface area contributed by atoms with Crippen LogP contribution in [-0.4, -0.2) is 29.1 Å². The third-order valence-corrected chi connectivity index (χ3v) is 3.13. The number of aryl methyl sites for hydroxylation is 1. The van der Waals surface area contributed by atoms with Crippen LogP contribution in [0.5, 0.6) is 5.75 Å². The van der Waals surface area contributed by atoms with E-state index >= 15 is 0 Å². The minimum atomic E-state index is -0.375. The van der Waals surface area contributed by atoms with Gasteiger partial charge in [0, 0.05) is 12.3 Å². The molecule has 2 heterocycles. The molecule has 96 valence electrons. The van der Waals surface area contributed by atoms with Crippen molar-refractivity contribution in [3.05, 3.63) is 28.1 Å². The first kappa shape index (κ1) is 12.9. The highest BCUT2D eigenvalue weighted by Crippen LogP contribution is 2.27. The largest absolute Gasteiger partial charge is 0.495 e. The summed E-state index contributed by atoms with van der Waals surface area (Å²) in [4.78, 5) is 16.2. The molecule has 0 spiro atoms. The second-order valence-electron chi connectivity index (χ2n) is 3.68. The van der Waals surface area contributed by atoms with Gasteiger partial charge in [-0.15, -0.1) is 0 Å². The lowest BCUT2D eigenvalue weighted by Gasteiger charge is -2.06. The molecule has 0 unspecified atom stereocenters. The average molecular weight is 313 g/mol. The van der Waals surface area contributed by atoms with Gasteiger partial charge in [-0.25, -0.2) is 9.78 Å². The molecule has 0 saturated carbocycles. The number of carbonyl (C=O) groups excluding carboxylic acids is 1. The number of aromatic nitrogens is 2. The van der Waals surface area contributed by atoms with E-state index in [1.807, 2.05) is 0 Å². The second kappa shape index (κ2) is 4.97. The van der Waals surface area contributed by atoms with Crippen molar-refractivity contribution in [3.8, 4) is 5.75 Å². The number of hydrogen-bond donors (Lipinski definition) is 0. The predicted molar refractivity (Wildman–Crippen MR) is 70.1 cm³/mol. The fourth-order valence-corrected chi connectivity index (χ4v) is 2.25. The minimum absolute atomic E-state index is 0.336. The van der Waals surface area contributed by atoms with Crippen LogP contribution >= 0.6 is 15.9 Å². The normalized spacial score (nSPS) is 10.7. The van der Waals surface area contributed by atoms with Gasteiger partial charge < -0.3 is 9.47 Å². The average Bonchev–Trinajstić information content (AvgIpc) is 2.63. The maximum atomic E-state index is 11.9. The number of ether oxygens (including phenoxy) is 2. The molecule has 0 saturated heterocycles. The minimum Gasteiger partial charge on any atom is -0.495 e. The third kappa shape index (κ3) is 2.08. The van der Waals surface area contributed by atoms with Gasteiger partial charge in [0.25, 0.3) is 0 Å². The van der Waals surface area contributed by atoms with Gasteiger partial charge in [0.15, 0.2) is 5.69 Å². The highest BCUT2D eigenvalue weighted by atomic mass is 79.9. The Morgan fingerprint density at radius 3 is 2.89 bits per heavy atom. The monoisotopic (exact) mass is 312 g/mol. The Kier molecular flexibility index (Phi) is 3.56. The second-order valence-corrected chi connectivity index (χ2v) is 4.54. The van der Waals surface area contributed by atoms with Crippen LogP contribution in [-0.2, 0) is 4.74 Å². The standard InChI is InChI=1S/C12H13BrN2O3/c1-4-18-12(16)11-7(2)14-10-5-9(17-3)8(13)6-15(10)11/h5-6H,4H2,1-3H3. The summed E-state index contributed by atoms with van der Waals surface area (Å²) in [5.74, 6) is 0.294. The molecule has 0 N–H and O–H groups in total. The zero-order valence-electron chi connectivity index (χ0n) is 10.4. The Morgan fingerprint density at radius 1 is 1.56 bits per heavy atom. The quantitative estimate of drug-likeness (QED) is 0.817. The lowest BCUT2D eigenvalue weighted by molar-refractivity contribution is 0.0517. The van der Waals surface area contributed by atoms with E-state index in [0.717, 1.165) is 4.47 Å². The molecule has 0 aliphatic heterocycles. The maximum Gasteiger partial charge on any atom is 0.357 e. The Labute approximate surface area is 113 Å². The molecule has 18 heavy (non-hydrogen) atoms. The van der Waals surface area contributed by atoms with E-state index in [9.17, 15) is 4.79 Å². The molecule has 2 aromatic heterocycles. The molecule has 0 aliphatic carbocycles. The fourth-order valence-electron chi connectivity index (χ4n) is 1.77. The van der Waals surface area contributed by atoms with Crippen molar-refractivity contribution >= 4 is 27.5 Å². The first-order chi connectivity index (χ1) is 8.58. The van der Waals surface area contributed by atoms with Gasteiger partial charge in [-0.3, -0.25) is 4.40 Å². The van der Waals surface area contributed by atoms with Crippen molar-refractivity contribution in [1.29, 1.82) is 0 Å². The number of fused-ring (bicyclic) bond motifs is 1. The number of halogens is 1. The SMILES string of the molecule is CCOC(=O)c1c(C)nc2cc(OC)c(Br)cn12. The summed E-state index contributed by atoms with van der Waals surface area (Å²) in [7, 11) is 1.58. The summed E-state index contributed by atoms with van der Waals surface area (Å²) in [6, 6.07) is 1.76. The van der Waals surface area contributed by atoms with Gasteiger partial charge in [-0.1, -0.05) is 0 Å². The van der Waals surface area contributed by atoms with E-state index in [-0.39, 0.29) is 5.97 Å². The highest BCUT2D eigenvalue weighted by molar-refractivity contribution is 9.10. The smallest absolute Gasteiger partial charge is 0.357 e. The third-order valence-electron chi connectivity index (χ3n) is 2.54. The maximum absolute atomic E-state index is 11.9. The van der Waals surface area contributed by atoms with Crippen LogP contribution < -0.4 is 4.74 Å². The summed E-state index contributed by atoms with van der Waals surface area (Å²) in [6.45, 7) is 3.89. The van der Waals surface area contributed by atoms with Gasteiger partial charge in [-0.05, 0) is 29.8 Å². The van der Waals surface area contributed by atoms with Crippen molar-refractivity contribution in [2.45, 2.75) is 13.8 Å². The summed E-state index contributed by atoms with van der Waals surface area (Å²) < 4.78 is 12.7. The Bertz CT molecular complexity index is 607. The first-order valence-corrected chi connectivity index (χ1v) is 6.27. The number of nitrogens with zero attached hydrogens (tertiary/aromatic N) is 2. The van der Waals surface area contributed by atoms with Crippen molar-refractivity contribution in [1.82, 2.24) is 9.38 Å². The van der Waals surface area contributed by atoms with Crippen molar-refractivity contribution in [2.75, 3.05) is 13.7 Å². The predicted octanol–water partition coefficient (Wildman–Crippen LogP) is 2.59. The van der Waals surface area contributed by atoms with Crippen LogP contribution in [0.4, 0.5) is 0 Å². The zero-order chi connectivity index (χ0) is 13.3. The van der Waals surface area contributed by atoms with E-state index < -0.39 is 0 Å². The van der Waals surface area contributed by atoms with Gasteiger partial charge >= 0.3 is 5.97 Å². The number of carbonyl (C=O) groups is 1. The molecule has 0 fully saturated rings. The summed E-state index contributed by atoms with van der Waals surface area (Å²) in [5, 5.41) is 0. The molecule has 2 rings (SSSR count). The molecule has 2 aromatic rings. The topological polar surface area (TPSA) is 52.8 Å². The summed E-state index contributed by atoms with van der Waals surface area (Å²) in [5.41, 5.74) is 1.72. The molecular weight excluding hydrogens is 300 g/mol. The van der Waals surface area contributed by atoms with Crippen LogP contribution in [0.2, 0.25) is 0 Å². The fraction of sp³-hybridized carbons (Fsp3) is 0.333. The molecule has 0 aromatic carbocycles. The molecule has 0 bridgehead atoms. The molecule has 5 nitrogen and oxygen atoms in total. The van der Waals surface area contributed by atoms with E-state index in [1.165, 1.54) is 0 Å². The number of esters is 1. The van der Waals surface area contributed by atoms with Crippen LogP contribution in [0.25, 0.3) is 5.65 Å². The Hall–Kier alpha value is -1.56. The van der Waals surface area contributed by atoms with Crippen molar-refractivity contribution in [2.24, 2.45) is 0 Å². The van der Waals surface area contributed by atoms with E-state index in [1.54, 1.807) is 37.6 Å². The molecule has 6 heteroatoms. The van der Waals surface area contributed by atoms with E-state index in [4.69, 9.17) is 9.47 Å². The van der Waals surface area contributed by atoms with Crippen molar-refractivity contribution < 1.29 is 14.3 Å². The number of methoxy groups -OCH3 is 1. The zero-order valence-corrected chi connectivity index (χ0v) is 11.9. The molecule has 0 atom stereocenters. The number of hydrogen-bond acceptors (Lipinski definition) is 4. The summed E-state index contributed by atoms with van der Waals surface area (Å²) >= 11 is 3.38. The van der Waals surface area contributed by atoms with Crippen LogP contribution in [0.3, 0.4) is 0 Å². The van der Waals surface area contributed by atoms with Crippen LogP contribution in [0.15, 0.2) is 16.7 Å². The lowest BCUT2D eigenvalue weighted by Crippen LogP contribution is -2.09. The molecule has 0 radical (unpaired) electrons. The number of pyridine rings is 1. The Balaban J connectivity index is 2.64. The van der Waals surface area contributed by atoms with E-state index in [2.05, 4.69) is 20.9 Å². The molecule has 0 amide bonds. The molecular formula is C12H13BrN2O3. The summed E-state index contributed by atoms with van der Waals surface area (Å²) in [6.07, 6.45) is 1.75. The van der Waals surface area contributed by atoms with E-state index in [0.29, 0.717) is 29.4 Å². The van der Waals surface area contributed by atoms with Crippen LogP contribution in [0, 0.1) is 6.92 Å². The highest BCUT2D eigenvalue weighted by Gasteiger charge is 2.19. The van der Waals surface area contributed by atoms with Crippen LogP contribution in [0.1, 0.15) is 23.1 Å². The Morgan fingerprint density at radius 2 is 2.28 bits per heavy atom. The lowest BCUT2D eigenvalue weighted by atomic mass is 10.3. The van der Waals surface area contributed by atoms with Gasteiger partial charge in [0.05, 0.1) is 23.9 Å². The number of rotatable bonds is 3. The van der Waals surface area contributed by atoms with Gasteiger partial charge in [0.2, 0.25) is 0 Å². The van der Waals surface area contributed by atoms with Crippen molar-refractivity contribution in [3.63, 3.8) is 0 Å². The first-order valence-electron chi connectivity index (χ1n) is 5.47. The van der Waals surface area contributed by atoms with Gasteiger partial charge in [-0.2, -0.15) is 0 Å².